The van der Waals surface area contributed by atoms with Crippen molar-refractivity contribution in [2.75, 3.05) is 6.54 Å². The molecule has 0 N–H and O–H groups in total. The van der Waals surface area contributed by atoms with Crippen LogP contribution < -0.4 is 0 Å². The summed E-state index contributed by atoms with van der Waals surface area (Å²) in [6, 6.07) is 12.0. The van der Waals surface area contributed by atoms with Gasteiger partial charge in [0.15, 0.2) is 0 Å². The van der Waals surface area contributed by atoms with Crippen LogP contribution in [-0.2, 0) is 13.1 Å². The first-order valence-corrected chi connectivity index (χ1v) is 7.75. The quantitative estimate of drug-likeness (QED) is 0.686. The van der Waals surface area contributed by atoms with Crippen LogP contribution in [0.25, 0.3) is 0 Å². The highest BCUT2D eigenvalue weighted by molar-refractivity contribution is 5.16. The largest absolute Gasteiger partial charge is 0.288 e. The van der Waals surface area contributed by atoms with Crippen LogP contribution in [0.15, 0.2) is 85.2 Å². The van der Waals surface area contributed by atoms with E-state index in [1.165, 1.54) is 5.57 Å². The zero-order valence-electron chi connectivity index (χ0n) is 13.6. The Kier molecular flexibility index (Phi) is 6.95. The molecule has 0 atom stereocenters. The van der Waals surface area contributed by atoms with Gasteiger partial charge < -0.3 is 0 Å². The second-order valence-electron chi connectivity index (χ2n) is 5.42. The molecule has 3 heteroatoms. The van der Waals surface area contributed by atoms with Crippen LogP contribution >= 0.6 is 0 Å². The molecule has 0 aliphatic heterocycles. The Balaban J connectivity index is 2.08. The van der Waals surface area contributed by atoms with Crippen molar-refractivity contribution in [3.8, 4) is 0 Å². The summed E-state index contributed by atoms with van der Waals surface area (Å²) in [4.78, 5) is 11.2. The lowest BCUT2D eigenvalue weighted by molar-refractivity contribution is 0.273. The van der Waals surface area contributed by atoms with E-state index >= 15 is 0 Å². The van der Waals surface area contributed by atoms with Crippen LogP contribution in [0.1, 0.15) is 18.3 Å². The molecule has 2 heterocycles. The Morgan fingerprint density at radius 1 is 1.00 bits per heavy atom. The summed E-state index contributed by atoms with van der Waals surface area (Å²) >= 11 is 0. The summed E-state index contributed by atoms with van der Waals surface area (Å²) in [5.41, 5.74) is 3.42. The van der Waals surface area contributed by atoms with Crippen molar-refractivity contribution in [3.05, 3.63) is 96.6 Å². The molecule has 2 aromatic heterocycles. The lowest BCUT2D eigenvalue weighted by Gasteiger charge is -2.22. The normalized spacial score (nSPS) is 12.0. The molecule has 3 nitrogen and oxygen atoms in total. The smallest absolute Gasteiger partial charge is 0.0544 e. The van der Waals surface area contributed by atoms with E-state index in [-0.39, 0.29) is 0 Å². The van der Waals surface area contributed by atoms with Crippen molar-refractivity contribution in [2.45, 2.75) is 20.0 Å². The van der Waals surface area contributed by atoms with Crippen molar-refractivity contribution in [1.82, 2.24) is 14.9 Å². The molecule has 0 unspecified atom stereocenters. The van der Waals surface area contributed by atoms with Gasteiger partial charge in [-0.1, -0.05) is 48.6 Å². The van der Waals surface area contributed by atoms with Gasteiger partial charge in [0.25, 0.3) is 0 Å². The van der Waals surface area contributed by atoms with Gasteiger partial charge >= 0.3 is 0 Å². The minimum atomic E-state index is 0.799. The van der Waals surface area contributed by atoms with Crippen molar-refractivity contribution < 1.29 is 0 Å². The fourth-order valence-electron chi connectivity index (χ4n) is 2.31. The highest BCUT2D eigenvalue weighted by Crippen LogP contribution is 2.09. The van der Waals surface area contributed by atoms with E-state index in [4.69, 9.17) is 0 Å². The predicted octanol–water partition coefficient (Wildman–Crippen LogP) is 4.17. The maximum absolute atomic E-state index is 4.43. The molecule has 0 fully saturated rings. The van der Waals surface area contributed by atoms with Crippen LogP contribution in [0.5, 0.6) is 0 Å². The van der Waals surface area contributed by atoms with Gasteiger partial charge in [-0.15, -0.1) is 0 Å². The highest BCUT2D eigenvalue weighted by atomic mass is 15.1. The molecular formula is C20H23N3. The summed E-state index contributed by atoms with van der Waals surface area (Å²) in [5.74, 6) is 0. The van der Waals surface area contributed by atoms with E-state index in [0.717, 1.165) is 31.0 Å². The van der Waals surface area contributed by atoms with Crippen molar-refractivity contribution in [1.29, 1.82) is 0 Å². The predicted molar refractivity (Wildman–Crippen MR) is 95.7 cm³/mol. The molecule has 0 radical (unpaired) electrons. The maximum Gasteiger partial charge on any atom is 0.0544 e. The third-order valence-corrected chi connectivity index (χ3v) is 3.32. The molecule has 2 rings (SSSR count). The molecule has 0 bridgehead atoms. The van der Waals surface area contributed by atoms with Crippen molar-refractivity contribution >= 4 is 0 Å². The monoisotopic (exact) mass is 305 g/mol. The summed E-state index contributed by atoms with van der Waals surface area (Å²) in [6.07, 6.45) is 11.5. The lowest BCUT2D eigenvalue weighted by Crippen LogP contribution is -2.25. The Morgan fingerprint density at radius 2 is 1.61 bits per heavy atom. The number of allylic oxidation sites excluding steroid dienone is 4. The van der Waals surface area contributed by atoms with E-state index in [2.05, 4.69) is 46.6 Å². The zero-order chi connectivity index (χ0) is 16.3. The fourth-order valence-corrected chi connectivity index (χ4v) is 2.31. The second kappa shape index (κ2) is 9.49. The molecule has 0 saturated carbocycles. The first-order valence-electron chi connectivity index (χ1n) is 7.75. The average Bonchev–Trinajstić information content (AvgIpc) is 2.57. The van der Waals surface area contributed by atoms with Gasteiger partial charge in [0, 0.05) is 32.0 Å². The van der Waals surface area contributed by atoms with Crippen LogP contribution in [0, 0.1) is 0 Å². The summed E-state index contributed by atoms with van der Waals surface area (Å²) in [6.45, 7) is 8.29. The molecular weight excluding hydrogens is 282 g/mol. The van der Waals surface area contributed by atoms with Gasteiger partial charge in [-0.25, -0.2) is 0 Å². The molecule has 0 amide bonds. The fraction of sp³-hybridized carbons (Fsp3) is 0.200. The van der Waals surface area contributed by atoms with Gasteiger partial charge in [0.2, 0.25) is 0 Å². The maximum atomic E-state index is 4.43. The molecule has 118 valence electrons. The van der Waals surface area contributed by atoms with Gasteiger partial charge in [-0.2, -0.15) is 0 Å². The van der Waals surface area contributed by atoms with E-state index in [1.807, 2.05) is 48.8 Å². The van der Waals surface area contributed by atoms with E-state index in [9.17, 15) is 0 Å². The van der Waals surface area contributed by atoms with E-state index < -0.39 is 0 Å². The van der Waals surface area contributed by atoms with Crippen LogP contribution in [0.3, 0.4) is 0 Å². The number of rotatable bonds is 8. The summed E-state index contributed by atoms with van der Waals surface area (Å²) in [7, 11) is 0. The number of hydrogen-bond donors (Lipinski definition) is 0. The minimum Gasteiger partial charge on any atom is -0.288 e. The van der Waals surface area contributed by atoms with Crippen molar-refractivity contribution in [3.63, 3.8) is 0 Å². The number of hydrogen-bond acceptors (Lipinski definition) is 3. The standard InChI is InChI=1S/C20H23N3/c1-3-4-5-10-18(2)15-23(16-19-11-6-8-13-21-19)17-20-12-7-9-14-22-20/h3-14H,1,15-17H2,2H3/b5-4-,18-10+. The molecule has 0 spiro atoms. The van der Waals surface area contributed by atoms with Crippen LogP contribution in [0.4, 0.5) is 0 Å². The van der Waals surface area contributed by atoms with E-state index in [0.29, 0.717) is 0 Å². The zero-order valence-corrected chi connectivity index (χ0v) is 13.6. The molecule has 0 aliphatic carbocycles. The van der Waals surface area contributed by atoms with Crippen LogP contribution in [0.2, 0.25) is 0 Å². The topological polar surface area (TPSA) is 29.0 Å². The highest BCUT2D eigenvalue weighted by Gasteiger charge is 2.09. The van der Waals surface area contributed by atoms with Gasteiger partial charge in [0.05, 0.1) is 11.4 Å². The second-order valence-corrected chi connectivity index (χ2v) is 5.42. The Hall–Kier alpha value is -2.52. The molecule has 23 heavy (non-hydrogen) atoms. The third-order valence-electron chi connectivity index (χ3n) is 3.32. The van der Waals surface area contributed by atoms with E-state index in [1.54, 1.807) is 6.08 Å². The number of nitrogens with zero attached hydrogens (tertiary/aromatic N) is 3. The first-order chi connectivity index (χ1) is 11.3. The third kappa shape index (κ3) is 6.41. The number of aromatic nitrogens is 2. The van der Waals surface area contributed by atoms with Gasteiger partial charge in [-0.05, 0) is 31.2 Å². The van der Waals surface area contributed by atoms with Gasteiger partial charge in [0.1, 0.15) is 0 Å². The summed E-state index contributed by atoms with van der Waals surface area (Å²) < 4.78 is 0. The molecule has 0 aromatic carbocycles. The molecule has 0 saturated heterocycles. The Labute approximate surface area is 138 Å². The molecule has 0 aliphatic rings. The minimum absolute atomic E-state index is 0.799. The SMILES string of the molecule is C=C/C=C\C=C(/C)CN(Cc1ccccn1)Cc1ccccn1. The van der Waals surface area contributed by atoms with Crippen LogP contribution in [-0.4, -0.2) is 21.4 Å². The molecule has 2 aromatic rings. The average molecular weight is 305 g/mol. The lowest BCUT2D eigenvalue weighted by atomic mass is 10.2. The summed E-state index contributed by atoms with van der Waals surface area (Å²) in [5, 5.41) is 0. The number of pyridine rings is 2. The first kappa shape index (κ1) is 16.8. The van der Waals surface area contributed by atoms with Crippen molar-refractivity contribution in [2.24, 2.45) is 0 Å². The Bertz CT molecular complexity index is 604. The van der Waals surface area contributed by atoms with Gasteiger partial charge in [-0.3, -0.25) is 14.9 Å². The Morgan fingerprint density at radius 3 is 2.09 bits per heavy atom.